The Hall–Kier alpha value is -1.55. The van der Waals surface area contributed by atoms with E-state index in [4.69, 9.17) is 0 Å². The highest BCUT2D eigenvalue weighted by atomic mass is 32.2. The lowest BCUT2D eigenvalue weighted by Crippen LogP contribution is -1.95. The molecule has 0 atom stereocenters. The van der Waals surface area contributed by atoms with E-state index in [0.29, 0.717) is 0 Å². The molecule has 0 saturated heterocycles. The number of hydrogen-bond acceptors (Lipinski definition) is 4. The summed E-state index contributed by atoms with van der Waals surface area (Å²) in [5.41, 5.74) is 4.08. The number of nitrogens with one attached hydrogen (secondary N) is 1. The summed E-state index contributed by atoms with van der Waals surface area (Å²) in [6.45, 7) is 0. The monoisotopic (exact) mass is 271 g/mol. The Kier molecular flexibility index (Phi) is 3.69. The Morgan fingerprint density at radius 2 is 2.05 bits per heavy atom. The fraction of sp³-hybridized carbons (Fsp3) is 0.333. The second-order valence-corrected chi connectivity index (χ2v) is 5.76. The summed E-state index contributed by atoms with van der Waals surface area (Å²) < 4.78 is 0. The van der Waals surface area contributed by atoms with Crippen molar-refractivity contribution in [2.24, 2.45) is 0 Å². The van der Waals surface area contributed by atoms with Crippen molar-refractivity contribution in [1.29, 1.82) is 0 Å². The Labute approximate surface area is 117 Å². The molecule has 19 heavy (non-hydrogen) atoms. The molecule has 3 nitrogen and oxygen atoms in total. The van der Waals surface area contributed by atoms with Gasteiger partial charge >= 0.3 is 0 Å². The lowest BCUT2D eigenvalue weighted by molar-refractivity contribution is 0.911. The van der Waals surface area contributed by atoms with Gasteiger partial charge in [-0.05, 0) is 42.5 Å². The van der Waals surface area contributed by atoms with E-state index in [0.717, 1.165) is 17.3 Å². The van der Waals surface area contributed by atoms with Gasteiger partial charge in [0, 0.05) is 17.7 Å². The predicted molar refractivity (Wildman–Crippen MR) is 79.6 cm³/mol. The molecular weight excluding hydrogens is 254 g/mol. The van der Waals surface area contributed by atoms with Crippen LogP contribution >= 0.6 is 11.8 Å². The molecule has 4 heteroatoms. The van der Waals surface area contributed by atoms with Gasteiger partial charge in [0.25, 0.3) is 0 Å². The van der Waals surface area contributed by atoms with Gasteiger partial charge in [0.15, 0.2) is 0 Å². The smallest absolute Gasteiger partial charge is 0.144 e. The fourth-order valence-corrected chi connectivity index (χ4v) is 3.21. The van der Waals surface area contributed by atoms with E-state index >= 15 is 0 Å². The third-order valence-electron chi connectivity index (χ3n) is 3.42. The van der Waals surface area contributed by atoms with E-state index in [2.05, 4.69) is 33.5 Å². The predicted octanol–water partition coefficient (Wildman–Crippen LogP) is 3.30. The van der Waals surface area contributed by atoms with Crippen LogP contribution in [0.25, 0.3) is 0 Å². The molecule has 0 saturated carbocycles. The first kappa shape index (κ1) is 12.5. The zero-order chi connectivity index (χ0) is 13.1. The maximum atomic E-state index is 4.39. The standard InChI is InChI=1S/C15H17N3S/c1-16-15-9-17-13(8-18-15)10-19-14-6-5-11-3-2-4-12(11)7-14/h5-9H,2-4,10H2,1H3,(H,16,18). The lowest BCUT2D eigenvalue weighted by atomic mass is 10.1. The third kappa shape index (κ3) is 2.89. The molecule has 0 aliphatic heterocycles. The highest BCUT2D eigenvalue weighted by Gasteiger charge is 2.10. The maximum absolute atomic E-state index is 4.39. The van der Waals surface area contributed by atoms with Crippen LogP contribution in [0.2, 0.25) is 0 Å². The van der Waals surface area contributed by atoms with Crippen LogP contribution in [0.15, 0.2) is 35.5 Å². The number of anilines is 1. The zero-order valence-corrected chi connectivity index (χ0v) is 11.8. The molecule has 1 aromatic carbocycles. The second-order valence-electron chi connectivity index (χ2n) is 4.72. The van der Waals surface area contributed by atoms with Gasteiger partial charge in [-0.3, -0.25) is 4.98 Å². The summed E-state index contributed by atoms with van der Waals surface area (Å²) in [6, 6.07) is 6.84. The first-order valence-corrected chi connectivity index (χ1v) is 7.57. The summed E-state index contributed by atoms with van der Waals surface area (Å²) in [5, 5.41) is 2.98. The minimum absolute atomic E-state index is 0.811. The number of fused-ring (bicyclic) bond motifs is 1. The van der Waals surface area contributed by atoms with E-state index in [1.54, 1.807) is 6.20 Å². The highest BCUT2D eigenvalue weighted by molar-refractivity contribution is 7.98. The minimum atomic E-state index is 0.811. The first-order chi connectivity index (χ1) is 9.35. The Morgan fingerprint density at radius 1 is 1.16 bits per heavy atom. The van der Waals surface area contributed by atoms with E-state index in [1.807, 2.05) is 25.0 Å². The van der Waals surface area contributed by atoms with E-state index < -0.39 is 0 Å². The van der Waals surface area contributed by atoms with Crippen LogP contribution in [-0.4, -0.2) is 17.0 Å². The van der Waals surface area contributed by atoms with Gasteiger partial charge in [-0.15, -0.1) is 11.8 Å². The van der Waals surface area contributed by atoms with Crippen LogP contribution in [0, 0.1) is 0 Å². The van der Waals surface area contributed by atoms with Crippen molar-refractivity contribution in [3.05, 3.63) is 47.4 Å². The van der Waals surface area contributed by atoms with Gasteiger partial charge < -0.3 is 5.32 Å². The van der Waals surface area contributed by atoms with Gasteiger partial charge in [0.1, 0.15) is 5.82 Å². The number of aromatic nitrogens is 2. The van der Waals surface area contributed by atoms with E-state index in [1.165, 1.54) is 35.3 Å². The molecule has 0 spiro atoms. The van der Waals surface area contributed by atoms with Crippen LogP contribution < -0.4 is 5.32 Å². The molecular formula is C15H17N3S. The lowest BCUT2D eigenvalue weighted by Gasteiger charge is -2.05. The van der Waals surface area contributed by atoms with Crippen molar-refractivity contribution < 1.29 is 0 Å². The number of aryl methyl sites for hydroxylation is 2. The van der Waals surface area contributed by atoms with Gasteiger partial charge in [-0.25, -0.2) is 4.98 Å². The third-order valence-corrected chi connectivity index (χ3v) is 4.45. The molecule has 0 unspecified atom stereocenters. The molecule has 0 fully saturated rings. The first-order valence-electron chi connectivity index (χ1n) is 6.58. The Balaban J connectivity index is 1.65. The fourth-order valence-electron chi connectivity index (χ4n) is 2.35. The summed E-state index contributed by atoms with van der Waals surface area (Å²) in [5.74, 6) is 1.68. The molecule has 98 valence electrons. The maximum Gasteiger partial charge on any atom is 0.144 e. The highest BCUT2D eigenvalue weighted by Crippen LogP contribution is 2.28. The normalized spacial score (nSPS) is 13.3. The van der Waals surface area contributed by atoms with Crippen molar-refractivity contribution in [3.8, 4) is 0 Å². The molecule has 1 aliphatic rings. The molecule has 0 amide bonds. The summed E-state index contributed by atoms with van der Waals surface area (Å²) in [4.78, 5) is 10.0. The molecule has 1 N–H and O–H groups in total. The Bertz CT molecular complexity index is 566. The number of nitrogens with zero attached hydrogens (tertiary/aromatic N) is 2. The molecule has 1 aliphatic carbocycles. The molecule has 3 rings (SSSR count). The number of hydrogen-bond donors (Lipinski definition) is 1. The average molecular weight is 271 g/mol. The van der Waals surface area contributed by atoms with Gasteiger partial charge in [0.05, 0.1) is 18.1 Å². The topological polar surface area (TPSA) is 37.8 Å². The minimum Gasteiger partial charge on any atom is -0.372 e. The van der Waals surface area contributed by atoms with Gasteiger partial charge in [-0.2, -0.15) is 0 Å². The average Bonchev–Trinajstić information content (AvgIpc) is 2.93. The van der Waals surface area contributed by atoms with Crippen LogP contribution in [-0.2, 0) is 18.6 Å². The SMILES string of the molecule is CNc1cnc(CSc2ccc3c(c2)CCC3)cn1. The van der Waals surface area contributed by atoms with Crippen molar-refractivity contribution >= 4 is 17.6 Å². The number of rotatable bonds is 4. The molecule has 1 aromatic heterocycles. The van der Waals surface area contributed by atoms with Crippen LogP contribution in [0.4, 0.5) is 5.82 Å². The molecule has 0 radical (unpaired) electrons. The quantitative estimate of drug-likeness (QED) is 0.866. The largest absolute Gasteiger partial charge is 0.372 e. The number of benzene rings is 1. The number of thioether (sulfide) groups is 1. The summed E-state index contributed by atoms with van der Waals surface area (Å²) >= 11 is 1.83. The Morgan fingerprint density at radius 3 is 2.84 bits per heavy atom. The second kappa shape index (κ2) is 5.61. The van der Waals surface area contributed by atoms with Crippen LogP contribution in [0.3, 0.4) is 0 Å². The van der Waals surface area contributed by atoms with Crippen molar-refractivity contribution in [2.75, 3.05) is 12.4 Å². The van der Waals surface area contributed by atoms with E-state index in [-0.39, 0.29) is 0 Å². The van der Waals surface area contributed by atoms with Crippen molar-refractivity contribution in [2.45, 2.75) is 29.9 Å². The van der Waals surface area contributed by atoms with Crippen molar-refractivity contribution in [1.82, 2.24) is 9.97 Å². The van der Waals surface area contributed by atoms with Gasteiger partial charge in [-0.1, -0.05) is 6.07 Å². The summed E-state index contributed by atoms with van der Waals surface area (Å²) in [6.07, 6.45) is 7.41. The molecule has 1 heterocycles. The zero-order valence-electron chi connectivity index (χ0n) is 11.0. The van der Waals surface area contributed by atoms with Crippen LogP contribution in [0.5, 0.6) is 0 Å². The van der Waals surface area contributed by atoms with Crippen molar-refractivity contribution in [3.63, 3.8) is 0 Å². The summed E-state index contributed by atoms with van der Waals surface area (Å²) in [7, 11) is 1.85. The van der Waals surface area contributed by atoms with E-state index in [9.17, 15) is 0 Å². The van der Waals surface area contributed by atoms with Crippen LogP contribution in [0.1, 0.15) is 23.2 Å². The molecule has 0 bridgehead atoms. The van der Waals surface area contributed by atoms with Gasteiger partial charge in [0.2, 0.25) is 0 Å². The molecule has 2 aromatic rings.